The minimum absolute atomic E-state index is 0.0196. The molecule has 19 heavy (non-hydrogen) atoms. The van der Waals surface area contributed by atoms with Crippen LogP contribution in [0, 0.1) is 0 Å². The third-order valence-electron chi connectivity index (χ3n) is 3.93. The number of hydrogen-bond donors (Lipinski definition) is 2. The molecular formula is C15H20N4. The maximum atomic E-state index is 5.75. The Morgan fingerprint density at radius 3 is 2.89 bits per heavy atom. The number of benzene rings is 1. The van der Waals surface area contributed by atoms with E-state index >= 15 is 0 Å². The molecule has 3 rings (SSSR count). The van der Waals surface area contributed by atoms with E-state index in [1.165, 1.54) is 36.0 Å². The molecule has 0 saturated heterocycles. The molecule has 100 valence electrons. The van der Waals surface area contributed by atoms with E-state index in [0.29, 0.717) is 0 Å². The molecule has 0 fully saturated rings. The van der Waals surface area contributed by atoms with Gasteiger partial charge in [0.15, 0.2) is 0 Å². The van der Waals surface area contributed by atoms with E-state index in [9.17, 15) is 0 Å². The molecule has 4 nitrogen and oxygen atoms in total. The molecule has 0 amide bonds. The zero-order chi connectivity index (χ0) is 13.2. The Hall–Kier alpha value is -1.65. The molecule has 2 aromatic rings. The highest BCUT2D eigenvalue weighted by molar-refractivity contribution is 5.39. The Balaban J connectivity index is 1.93. The molecule has 1 aromatic heterocycles. The van der Waals surface area contributed by atoms with Gasteiger partial charge in [-0.1, -0.05) is 18.2 Å². The molecule has 4 heteroatoms. The first-order valence-corrected chi connectivity index (χ1v) is 6.92. The number of nitrogens with two attached hydrogens (primary N) is 1. The lowest BCUT2D eigenvalue weighted by Crippen LogP contribution is -2.28. The number of rotatable bonds is 4. The van der Waals surface area contributed by atoms with Gasteiger partial charge in [-0.3, -0.25) is 10.5 Å². The minimum atomic E-state index is 0.0196. The number of fused-ring (bicyclic) bond motifs is 1. The summed E-state index contributed by atoms with van der Waals surface area (Å²) in [6, 6.07) is 6.73. The molecule has 0 aliphatic heterocycles. The standard InChI is InChI=1S/C15H20N4/c1-2-19-10-14(9-17-19)15(18-16)13-7-6-11-4-3-5-12(11)8-13/h6-10,15,18H,2-5,16H2,1H3. The van der Waals surface area contributed by atoms with Crippen molar-refractivity contribution in [1.82, 2.24) is 15.2 Å². The van der Waals surface area contributed by atoms with E-state index in [1.807, 2.05) is 10.9 Å². The summed E-state index contributed by atoms with van der Waals surface area (Å²) in [5.74, 6) is 5.75. The summed E-state index contributed by atoms with van der Waals surface area (Å²) in [4.78, 5) is 0. The first-order valence-electron chi connectivity index (χ1n) is 6.92. The van der Waals surface area contributed by atoms with E-state index in [0.717, 1.165) is 12.1 Å². The molecule has 0 spiro atoms. The molecule has 1 aromatic carbocycles. The Bertz CT molecular complexity index is 573. The fraction of sp³-hybridized carbons (Fsp3) is 0.400. The van der Waals surface area contributed by atoms with Crippen LogP contribution >= 0.6 is 0 Å². The van der Waals surface area contributed by atoms with Crippen molar-refractivity contribution in [1.29, 1.82) is 0 Å². The predicted molar refractivity (Wildman–Crippen MR) is 75.5 cm³/mol. The third-order valence-corrected chi connectivity index (χ3v) is 3.93. The highest BCUT2D eigenvalue weighted by atomic mass is 15.3. The summed E-state index contributed by atoms with van der Waals surface area (Å²) in [6.45, 7) is 2.96. The van der Waals surface area contributed by atoms with Crippen molar-refractivity contribution < 1.29 is 0 Å². The van der Waals surface area contributed by atoms with Gasteiger partial charge in [0.1, 0.15) is 0 Å². The predicted octanol–water partition coefficient (Wildman–Crippen LogP) is 1.94. The van der Waals surface area contributed by atoms with Gasteiger partial charge in [0.05, 0.1) is 12.2 Å². The van der Waals surface area contributed by atoms with Gasteiger partial charge in [-0.15, -0.1) is 0 Å². The van der Waals surface area contributed by atoms with Gasteiger partial charge < -0.3 is 0 Å². The van der Waals surface area contributed by atoms with E-state index in [4.69, 9.17) is 5.84 Å². The largest absolute Gasteiger partial charge is 0.273 e. The Morgan fingerprint density at radius 2 is 2.16 bits per heavy atom. The Morgan fingerprint density at radius 1 is 1.32 bits per heavy atom. The zero-order valence-electron chi connectivity index (χ0n) is 11.3. The number of hydrogen-bond acceptors (Lipinski definition) is 3. The lowest BCUT2D eigenvalue weighted by molar-refractivity contribution is 0.629. The first kappa shape index (κ1) is 12.4. The summed E-state index contributed by atoms with van der Waals surface area (Å²) in [6.07, 6.45) is 7.62. The van der Waals surface area contributed by atoms with Crippen molar-refractivity contribution in [3.63, 3.8) is 0 Å². The number of nitrogens with zero attached hydrogens (tertiary/aromatic N) is 2. The van der Waals surface area contributed by atoms with Crippen LogP contribution in [0.4, 0.5) is 0 Å². The van der Waals surface area contributed by atoms with Gasteiger partial charge >= 0.3 is 0 Å². The van der Waals surface area contributed by atoms with Crippen LogP contribution in [0.25, 0.3) is 0 Å². The monoisotopic (exact) mass is 256 g/mol. The van der Waals surface area contributed by atoms with Crippen LogP contribution in [-0.2, 0) is 19.4 Å². The lowest BCUT2D eigenvalue weighted by Gasteiger charge is -2.16. The molecule has 0 radical (unpaired) electrons. The first-order chi connectivity index (χ1) is 9.31. The van der Waals surface area contributed by atoms with Gasteiger partial charge in [-0.05, 0) is 42.9 Å². The zero-order valence-corrected chi connectivity index (χ0v) is 11.3. The fourth-order valence-electron chi connectivity index (χ4n) is 2.86. The highest BCUT2D eigenvalue weighted by Gasteiger charge is 2.17. The molecule has 1 atom stereocenters. The average molecular weight is 256 g/mol. The maximum absolute atomic E-state index is 5.75. The van der Waals surface area contributed by atoms with Crippen molar-refractivity contribution >= 4 is 0 Å². The quantitative estimate of drug-likeness (QED) is 0.649. The summed E-state index contributed by atoms with van der Waals surface area (Å²) in [7, 11) is 0. The van der Waals surface area contributed by atoms with Crippen molar-refractivity contribution in [3.05, 3.63) is 52.8 Å². The molecular weight excluding hydrogens is 236 g/mol. The fourth-order valence-corrected chi connectivity index (χ4v) is 2.86. The number of aromatic nitrogens is 2. The van der Waals surface area contributed by atoms with Crippen LogP contribution in [0.15, 0.2) is 30.6 Å². The molecule has 0 bridgehead atoms. The molecule has 3 N–H and O–H groups in total. The number of hydrazine groups is 1. The second-order valence-corrected chi connectivity index (χ2v) is 5.11. The van der Waals surface area contributed by atoms with Crippen LogP contribution in [-0.4, -0.2) is 9.78 Å². The number of nitrogens with one attached hydrogen (secondary N) is 1. The van der Waals surface area contributed by atoms with Gasteiger partial charge in [0.25, 0.3) is 0 Å². The summed E-state index contributed by atoms with van der Waals surface area (Å²) < 4.78 is 1.92. The molecule has 0 saturated carbocycles. The Labute approximate surface area is 113 Å². The molecule has 1 aliphatic carbocycles. The normalized spacial score (nSPS) is 15.5. The molecule has 1 unspecified atom stereocenters. The highest BCUT2D eigenvalue weighted by Crippen LogP contribution is 2.27. The van der Waals surface area contributed by atoms with E-state index in [-0.39, 0.29) is 6.04 Å². The molecule has 1 aliphatic rings. The van der Waals surface area contributed by atoms with Gasteiger partial charge in [0, 0.05) is 18.3 Å². The van der Waals surface area contributed by atoms with Gasteiger partial charge in [-0.2, -0.15) is 5.10 Å². The second-order valence-electron chi connectivity index (χ2n) is 5.11. The van der Waals surface area contributed by atoms with E-state index in [1.54, 1.807) is 0 Å². The maximum Gasteiger partial charge on any atom is 0.0740 e. The van der Waals surface area contributed by atoms with Crippen LogP contribution in [0.3, 0.4) is 0 Å². The Kier molecular flexibility index (Phi) is 3.36. The second kappa shape index (κ2) is 5.15. The van der Waals surface area contributed by atoms with Crippen LogP contribution in [0.5, 0.6) is 0 Å². The van der Waals surface area contributed by atoms with Crippen molar-refractivity contribution in [2.75, 3.05) is 0 Å². The summed E-state index contributed by atoms with van der Waals surface area (Å²) >= 11 is 0. The minimum Gasteiger partial charge on any atom is -0.273 e. The van der Waals surface area contributed by atoms with Crippen molar-refractivity contribution in [2.45, 2.75) is 38.8 Å². The van der Waals surface area contributed by atoms with Crippen LogP contribution < -0.4 is 11.3 Å². The average Bonchev–Trinajstić information content (AvgIpc) is 3.07. The third kappa shape index (κ3) is 2.29. The smallest absolute Gasteiger partial charge is 0.0740 e. The molecule has 1 heterocycles. The van der Waals surface area contributed by atoms with Crippen LogP contribution in [0.2, 0.25) is 0 Å². The SMILES string of the molecule is CCn1cc(C(NN)c2ccc3c(c2)CCC3)cn1. The van der Waals surface area contributed by atoms with E-state index in [2.05, 4.69) is 41.8 Å². The lowest BCUT2D eigenvalue weighted by atomic mass is 9.98. The van der Waals surface area contributed by atoms with Crippen LogP contribution in [0.1, 0.15) is 41.6 Å². The topological polar surface area (TPSA) is 55.9 Å². The van der Waals surface area contributed by atoms with E-state index < -0.39 is 0 Å². The van der Waals surface area contributed by atoms with Crippen molar-refractivity contribution in [2.24, 2.45) is 5.84 Å². The summed E-state index contributed by atoms with van der Waals surface area (Å²) in [5, 5.41) is 4.32. The van der Waals surface area contributed by atoms with Gasteiger partial charge in [0.2, 0.25) is 0 Å². The van der Waals surface area contributed by atoms with Gasteiger partial charge in [-0.25, -0.2) is 5.43 Å². The summed E-state index contributed by atoms with van der Waals surface area (Å²) in [5.41, 5.74) is 8.21. The number of aryl methyl sites for hydroxylation is 3. The van der Waals surface area contributed by atoms with Crippen molar-refractivity contribution in [3.8, 4) is 0 Å².